The number of carbonyl (C=O) groups excluding carboxylic acids is 3. The summed E-state index contributed by atoms with van der Waals surface area (Å²) in [5.41, 5.74) is 2.44. The zero-order chi connectivity index (χ0) is 19.4. The van der Waals surface area contributed by atoms with Gasteiger partial charge in [-0.05, 0) is 48.9 Å². The topological polar surface area (TPSA) is 81.8 Å². The van der Waals surface area contributed by atoms with Crippen molar-refractivity contribution in [3.05, 3.63) is 54.1 Å². The van der Waals surface area contributed by atoms with Crippen LogP contribution in [0.5, 0.6) is 0 Å². The molecule has 0 aliphatic carbocycles. The van der Waals surface area contributed by atoms with E-state index in [0.717, 1.165) is 18.7 Å². The van der Waals surface area contributed by atoms with Crippen LogP contribution in [0.3, 0.4) is 0 Å². The van der Waals surface area contributed by atoms with Gasteiger partial charge in [-0.2, -0.15) is 0 Å². The molecule has 7 nitrogen and oxygen atoms in total. The average molecular weight is 366 g/mol. The summed E-state index contributed by atoms with van der Waals surface area (Å²) in [4.78, 5) is 39.2. The number of nitrogens with zero attached hydrogens (tertiary/aromatic N) is 2. The largest absolute Gasteiger partial charge is 0.327 e. The van der Waals surface area contributed by atoms with Crippen molar-refractivity contribution in [3.63, 3.8) is 0 Å². The van der Waals surface area contributed by atoms with E-state index in [1.54, 1.807) is 53.2 Å². The van der Waals surface area contributed by atoms with Gasteiger partial charge in [0.2, 0.25) is 5.91 Å². The van der Waals surface area contributed by atoms with Crippen LogP contribution in [-0.4, -0.2) is 42.9 Å². The first kappa shape index (κ1) is 18.4. The molecule has 1 aliphatic rings. The van der Waals surface area contributed by atoms with Crippen LogP contribution < -0.4 is 15.5 Å². The molecule has 0 spiro atoms. The summed E-state index contributed by atoms with van der Waals surface area (Å²) in [6.07, 6.45) is 0.922. The van der Waals surface area contributed by atoms with E-state index in [2.05, 4.69) is 10.6 Å². The highest BCUT2D eigenvalue weighted by Crippen LogP contribution is 2.22. The maximum atomic E-state index is 12.4. The van der Waals surface area contributed by atoms with Crippen LogP contribution in [0.2, 0.25) is 0 Å². The molecule has 0 saturated carbocycles. The first-order chi connectivity index (χ1) is 12.9. The molecular formula is C20H22N4O3. The summed E-state index contributed by atoms with van der Waals surface area (Å²) in [6, 6.07) is 13.9. The number of hydrogen-bond acceptors (Lipinski definition) is 3. The Morgan fingerprint density at radius 1 is 0.963 bits per heavy atom. The van der Waals surface area contributed by atoms with Gasteiger partial charge in [-0.3, -0.25) is 14.5 Å². The number of hydrogen-bond donors (Lipinski definition) is 2. The van der Waals surface area contributed by atoms with Crippen molar-refractivity contribution in [2.45, 2.75) is 13.3 Å². The molecule has 7 heteroatoms. The van der Waals surface area contributed by atoms with Gasteiger partial charge in [0.1, 0.15) is 0 Å². The second kappa shape index (κ2) is 7.90. The molecule has 27 heavy (non-hydrogen) atoms. The van der Waals surface area contributed by atoms with E-state index in [0.29, 0.717) is 23.5 Å². The van der Waals surface area contributed by atoms with Crippen LogP contribution >= 0.6 is 0 Å². The number of rotatable bonds is 4. The lowest BCUT2D eigenvalue weighted by Gasteiger charge is -2.33. The summed E-state index contributed by atoms with van der Waals surface area (Å²) in [5, 5.41) is 5.48. The minimum Gasteiger partial charge on any atom is -0.327 e. The van der Waals surface area contributed by atoms with Gasteiger partial charge < -0.3 is 15.5 Å². The number of nitrogens with one attached hydrogen (secondary N) is 2. The van der Waals surface area contributed by atoms with Gasteiger partial charge in [0.25, 0.3) is 5.91 Å². The van der Waals surface area contributed by atoms with E-state index >= 15 is 0 Å². The van der Waals surface area contributed by atoms with Crippen LogP contribution in [0.4, 0.5) is 21.9 Å². The monoisotopic (exact) mass is 366 g/mol. The Kier molecular flexibility index (Phi) is 5.40. The fourth-order valence-corrected chi connectivity index (χ4v) is 2.97. The second-order valence-corrected chi connectivity index (χ2v) is 6.47. The molecular weight excluding hydrogens is 344 g/mol. The molecule has 2 N–H and O–H groups in total. The fraction of sp³-hybridized carbons (Fsp3) is 0.250. The first-order valence-corrected chi connectivity index (χ1v) is 8.76. The maximum Gasteiger partial charge on any atom is 0.324 e. The molecule has 1 heterocycles. The third-order valence-corrected chi connectivity index (χ3v) is 4.31. The second-order valence-electron chi connectivity index (χ2n) is 6.47. The number of anilines is 3. The van der Waals surface area contributed by atoms with E-state index in [-0.39, 0.29) is 17.8 Å². The number of benzene rings is 2. The Hall–Kier alpha value is -3.35. The Bertz CT molecular complexity index is 864. The average Bonchev–Trinajstić information content (AvgIpc) is 2.64. The zero-order valence-corrected chi connectivity index (χ0v) is 15.4. The predicted octanol–water partition coefficient (Wildman–Crippen LogP) is 3.16. The van der Waals surface area contributed by atoms with Crippen molar-refractivity contribution < 1.29 is 14.4 Å². The van der Waals surface area contributed by atoms with Crippen LogP contribution in [0.15, 0.2) is 48.5 Å². The van der Waals surface area contributed by atoms with E-state index in [1.807, 2.05) is 12.1 Å². The van der Waals surface area contributed by atoms with Gasteiger partial charge in [-0.15, -0.1) is 0 Å². The van der Waals surface area contributed by atoms with Crippen molar-refractivity contribution in [2.24, 2.45) is 0 Å². The highest BCUT2D eigenvalue weighted by molar-refractivity contribution is 6.05. The minimum atomic E-state index is -0.274. The number of amides is 4. The maximum absolute atomic E-state index is 12.4. The molecule has 0 unspecified atom stereocenters. The van der Waals surface area contributed by atoms with Crippen molar-refractivity contribution in [2.75, 3.05) is 35.7 Å². The van der Waals surface area contributed by atoms with E-state index < -0.39 is 0 Å². The zero-order valence-electron chi connectivity index (χ0n) is 15.4. The SMILES string of the molecule is CC(=O)Nc1cccc(C(=O)Nc2ccc(N3CCCN(C)C3=O)cc2)c1. The Balaban J connectivity index is 1.68. The molecule has 0 atom stereocenters. The van der Waals surface area contributed by atoms with Crippen molar-refractivity contribution >= 4 is 34.9 Å². The Morgan fingerprint density at radius 2 is 1.70 bits per heavy atom. The molecule has 0 aromatic heterocycles. The lowest BCUT2D eigenvalue weighted by Crippen LogP contribution is -2.47. The van der Waals surface area contributed by atoms with Gasteiger partial charge in [0.05, 0.1) is 0 Å². The summed E-state index contributed by atoms with van der Waals surface area (Å²) in [6.45, 7) is 2.87. The number of urea groups is 1. The molecule has 1 aliphatic heterocycles. The van der Waals surface area contributed by atoms with Gasteiger partial charge >= 0.3 is 6.03 Å². The van der Waals surface area contributed by atoms with Gasteiger partial charge in [-0.25, -0.2) is 4.79 Å². The normalized spacial score (nSPS) is 14.1. The van der Waals surface area contributed by atoms with Gasteiger partial charge in [-0.1, -0.05) is 6.07 Å². The summed E-state index contributed by atoms with van der Waals surface area (Å²) in [5.74, 6) is -0.468. The molecule has 1 fully saturated rings. The molecule has 2 aromatic carbocycles. The lowest BCUT2D eigenvalue weighted by atomic mass is 10.1. The third-order valence-electron chi connectivity index (χ3n) is 4.31. The molecule has 0 radical (unpaired) electrons. The standard InChI is InChI=1S/C20H22N4O3/c1-14(25)21-17-6-3-5-15(13-17)19(26)22-16-7-9-18(10-8-16)24-12-4-11-23(2)20(24)27/h3,5-10,13H,4,11-12H2,1-2H3,(H,21,25)(H,22,26). The van der Waals surface area contributed by atoms with E-state index in [1.165, 1.54) is 6.92 Å². The molecule has 140 valence electrons. The smallest absolute Gasteiger partial charge is 0.324 e. The minimum absolute atomic E-state index is 0.0205. The van der Waals surface area contributed by atoms with Crippen LogP contribution in [0, 0.1) is 0 Å². The Labute approximate surface area is 158 Å². The summed E-state index contributed by atoms with van der Waals surface area (Å²) in [7, 11) is 1.79. The molecule has 1 saturated heterocycles. The lowest BCUT2D eigenvalue weighted by molar-refractivity contribution is -0.114. The van der Waals surface area contributed by atoms with Gasteiger partial charge in [0.15, 0.2) is 0 Å². The van der Waals surface area contributed by atoms with E-state index in [4.69, 9.17) is 0 Å². The highest BCUT2D eigenvalue weighted by atomic mass is 16.2. The molecule has 4 amide bonds. The molecule has 2 aromatic rings. The fourth-order valence-electron chi connectivity index (χ4n) is 2.97. The van der Waals surface area contributed by atoms with Crippen LogP contribution in [-0.2, 0) is 4.79 Å². The van der Waals surface area contributed by atoms with Gasteiger partial charge in [0, 0.05) is 49.7 Å². The summed E-state index contributed by atoms with van der Waals surface area (Å²) < 4.78 is 0. The quantitative estimate of drug-likeness (QED) is 0.872. The third kappa shape index (κ3) is 4.44. The highest BCUT2D eigenvalue weighted by Gasteiger charge is 2.23. The van der Waals surface area contributed by atoms with Crippen molar-refractivity contribution in [1.82, 2.24) is 4.90 Å². The van der Waals surface area contributed by atoms with Crippen LogP contribution in [0.25, 0.3) is 0 Å². The van der Waals surface area contributed by atoms with Crippen molar-refractivity contribution in [3.8, 4) is 0 Å². The number of carbonyl (C=O) groups is 3. The predicted molar refractivity (Wildman–Crippen MR) is 105 cm³/mol. The van der Waals surface area contributed by atoms with E-state index in [9.17, 15) is 14.4 Å². The summed E-state index contributed by atoms with van der Waals surface area (Å²) >= 11 is 0. The molecule has 3 rings (SSSR count). The molecule has 0 bridgehead atoms. The first-order valence-electron chi connectivity index (χ1n) is 8.76. The Morgan fingerprint density at radius 3 is 2.41 bits per heavy atom. The van der Waals surface area contributed by atoms with Crippen LogP contribution in [0.1, 0.15) is 23.7 Å². The van der Waals surface area contributed by atoms with Crippen molar-refractivity contribution in [1.29, 1.82) is 0 Å².